The van der Waals surface area contributed by atoms with Crippen molar-refractivity contribution in [3.63, 3.8) is 0 Å². The van der Waals surface area contributed by atoms with Gasteiger partial charge in [-0.05, 0) is 51.5 Å². The molecule has 1 heterocycles. The van der Waals surface area contributed by atoms with Crippen LogP contribution in [-0.4, -0.2) is 41.6 Å². The summed E-state index contributed by atoms with van der Waals surface area (Å²) < 4.78 is 10.4. The quantitative estimate of drug-likeness (QED) is 0.724. The van der Waals surface area contributed by atoms with Crippen LogP contribution < -0.4 is 5.32 Å². The van der Waals surface area contributed by atoms with E-state index in [2.05, 4.69) is 24.1 Å². The van der Waals surface area contributed by atoms with Crippen molar-refractivity contribution in [2.45, 2.75) is 73.0 Å². The third kappa shape index (κ3) is 4.75. The standard InChI is InChI=1S/C21H32N2O5/c1-7-27-21(26)18-13(4)17(14(5)22-18)20(25)28-15(6)19(24)23-16-10-8-9-11(2)12(16)3/h11-12,15-16,22H,7-10H2,1-6H3,(H,23,24)/t11-,12-,15+,16+/m0/s1. The Kier molecular flexibility index (Phi) is 7.27. The zero-order chi connectivity index (χ0) is 21.0. The van der Waals surface area contributed by atoms with Crippen LogP contribution in [0.5, 0.6) is 0 Å². The number of amides is 1. The Bertz CT molecular complexity index is 739. The first-order valence-corrected chi connectivity index (χ1v) is 10.0. The Hall–Kier alpha value is -2.31. The first-order valence-electron chi connectivity index (χ1n) is 10.0. The maximum Gasteiger partial charge on any atom is 0.355 e. The van der Waals surface area contributed by atoms with Gasteiger partial charge in [-0.25, -0.2) is 9.59 Å². The second-order valence-electron chi connectivity index (χ2n) is 7.78. The third-order valence-electron chi connectivity index (χ3n) is 5.81. The van der Waals surface area contributed by atoms with Gasteiger partial charge in [-0.3, -0.25) is 4.79 Å². The number of ether oxygens (including phenoxy) is 2. The van der Waals surface area contributed by atoms with Crippen molar-refractivity contribution in [3.05, 3.63) is 22.5 Å². The summed E-state index contributed by atoms with van der Waals surface area (Å²) in [4.78, 5) is 40.0. The summed E-state index contributed by atoms with van der Waals surface area (Å²) in [5.41, 5.74) is 1.46. The number of aromatic nitrogens is 1. The van der Waals surface area contributed by atoms with Gasteiger partial charge in [-0.1, -0.05) is 26.7 Å². The minimum atomic E-state index is -0.920. The van der Waals surface area contributed by atoms with Crippen LogP contribution in [0.25, 0.3) is 0 Å². The van der Waals surface area contributed by atoms with Gasteiger partial charge < -0.3 is 19.8 Å². The van der Waals surface area contributed by atoms with Crippen LogP contribution in [0, 0.1) is 25.7 Å². The molecule has 0 bridgehead atoms. The van der Waals surface area contributed by atoms with E-state index in [1.54, 1.807) is 27.7 Å². The van der Waals surface area contributed by atoms with Gasteiger partial charge in [0, 0.05) is 11.7 Å². The summed E-state index contributed by atoms with van der Waals surface area (Å²) in [6, 6.07) is 0.101. The second-order valence-corrected chi connectivity index (χ2v) is 7.78. The fraction of sp³-hybridized carbons (Fsp3) is 0.667. The predicted octanol–water partition coefficient (Wildman–Crippen LogP) is 3.29. The van der Waals surface area contributed by atoms with Gasteiger partial charge in [0.1, 0.15) is 5.69 Å². The molecule has 1 aliphatic carbocycles. The third-order valence-corrected chi connectivity index (χ3v) is 5.81. The molecule has 1 aromatic heterocycles. The SMILES string of the molecule is CCOC(=O)c1[nH]c(C)c(C(=O)O[C@H](C)C(=O)N[C@@H]2CCC[C@H](C)[C@@H]2C)c1C. The Morgan fingerprint density at radius 3 is 2.50 bits per heavy atom. The molecule has 2 N–H and O–H groups in total. The van der Waals surface area contributed by atoms with Crippen molar-refractivity contribution >= 4 is 17.8 Å². The highest BCUT2D eigenvalue weighted by Gasteiger charge is 2.31. The van der Waals surface area contributed by atoms with Gasteiger partial charge in [-0.2, -0.15) is 0 Å². The molecule has 1 aliphatic rings. The lowest BCUT2D eigenvalue weighted by Crippen LogP contribution is -2.47. The molecule has 0 unspecified atom stereocenters. The van der Waals surface area contributed by atoms with Gasteiger partial charge in [-0.15, -0.1) is 0 Å². The monoisotopic (exact) mass is 392 g/mol. The van der Waals surface area contributed by atoms with Crippen molar-refractivity contribution < 1.29 is 23.9 Å². The lowest BCUT2D eigenvalue weighted by atomic mass is 9.78. The highest BCUT2D eigenvalue weighted by atomic mass is 16.5. The highest BCUT2D eigenvalue weighted by molar-refractivity contribution is 5.99. The summed E-state index contributed by atoms with van der Waals surface area (Å²) in [6.07, 6.45) is 2.28. The molecule has 0 aromatic carbocycles. The Morgan fingerprint density at radius 2 is 1.86 bits per heavy atom. The molecule has 1 amide bonds. The molecule has 0 radical (unpaired) electrons. The second kappa shape index (κ2) is 9.26. The molecule has 156 valence electrons. The first kappa shape index (κ1) is 22.0. The van der Waals surface area contributed by atoms with Gasteiger partial charge in [0.25, 0.3) is 5.91 Å². The molecule has 4 atom stereocenters. The van der Waals surface area contributed by atoms with E-state index in [4.69, 9.17) is 9.47 Å². The molecule has 7 heteroatoms. The van der Waals surface area contributed by atoms with E-state index < -0.39 is 18.0 Å². The zero-order valence-electron chi connectivity index (χ0n) is 17.7. The summed E-state index contributed by atoms with van der Waals surface area (Å²) in [5.74, 6) is -0.496. The maximum absolute atomic E-state index is 12.6. The van der Waals surface area contributed by atoms with E-state index in [0.717, 1.165) is 12.8 Å². The molecular weight excluding hydrogens is 360 g/mol. The van der Waals surface area contributed by atoms with E-state index in [1.807, 2.05) is 0 Å². The highest BCUT2D eigenvalue weighted by Crippen LogP contribution is 2.29. The number of aryl methyl sites for hydroxylation is 1. The number of rotatable bonds is 6. The van der Waals surface area contributed by atoms with Crippen LogP contribution in [0.1, 0.15) is 79.1 Å². The number of H-pyrrole nitrogens is 1. The molecule has 0 saturated heterocycles. The Morgan fingerprint density at radius 1 is 1.18 bits per heavy atom. The Labute approximate surface area is 166 Å². The molecule has 2 rings (SSSR count). The normalized spacial score (nSPS) is 23.0. The van der Waals surface area contributed by atoms with Crippen molar-refractivity contribution in [2.24, 2.45) is 11.8 Å². The maximum atomic E-state index is 12.6. The minimum absolute atomic E-state index is 0.101. The van der Waals surface area contributed by atoms with Gasteiger partial charge >= 0.3 is 11.9 Å². The zero-order valence-corrected chi connectivity index (χ0v) is 17.7. The number of hydrogen-bond donors (Lipinski definition) is 2. The van der Waals surface area contributed by atoms with Gasteiger partial charge in [0.05, 0.1) is 12.2 Å². The number of nitrogens with one attached hydrogen (secondary N) is 2. The molecule has 7 nitrogen and oxygen atoms in total. The lowest BCUT2D eigenvalue weighted by molar-refractivity contribution is -0.130. The number of aromatic amines is 1. The van der Waals surface area contributed by atoms with Crippen LogP contribution in [-0.2, 0) is 14.3 Å². The first-order chi connectivity index (χ1) is 13.2. The van der Waals surface area contributed by atoms with Crippen molar-refractivity contribution in [2.75, 3.05) is 6.61 Å². The smallest absolute Gasteiger partial charge is 0.355 e. The molecular formula is C21H32N2O5. The summed E-state index contributed by atoms with van der Waals surface area (Å²) in [7, 11) is 0. The van der Waals surface area contributed by atoms with E-state index in [9.17, 15) is 14.4 Å². The molecule has 28 heavy (non-hydrogen) atoms. The fourth-order valence-electron chi connectivity index (χ4n) is 3.82. The van der Waals surface area contributed by atoms with Crippen LogP contribution in [0.4, 0.5) is 0 Å². The van der Waals surface area contributed by atoms with Crippen molar-refractivity contribution in [3.8, 4) is 0 Å². The van der Waals surface area contributed by atoms with Crippen LogP contribution in [0.15, 0.2) is 0 Å². The minimum Gasteiger partial charge on any atom is -0.461 e. The summed E-state index contributed by atoms with van der Waals surface area (Å²) >= 11 is 0. The fourth-order valence-corrected chi connectivity index (χ4v) is 3.82. The number of carbonyl (C=O) groups excluding carboxylic acids is 3. The largest absolute Gasteiger partial charge is 0.461 e. The predicted molar refractivity (Wildman–Crippen MR) is 105 cm³/mol. The van der Waals surface area contributed by atoms with E-state index >= 15 is 0 Å². The average molecular weight is 392 g/mol. The van der Waals surface area contributed by atoms with E-state index in [0.29, 0.717) is 23.1 Å². The van der Waals surface area contributed by atoms with E-state index in [-0.39, 0.29) is 29.8 Å². The number of carbonyl (C=O) groups is 3. The molecule has 1 aromatic rings. The van der Waals surface area contributed by atoms with Crippen molar-refractivity contribution in [1.29, 1.82) is 0 Å². The molecule has 0 spiro atoms. The summed E-state index contributed by atoms with van der Waals surface area (Å²) in [5, 5.41) is 3.03. The van der Waals surface area contributed by atoms with Gasteiger partial charge in [0.2, 0.25) is 0 Å². The van der Waals surface area contributed by atoms with Crippen molar-refractivity contribution in [1.82, 2.24) is 10.3 Å². The molecule has 1 saturated carbocycles. The van der Waals surface area contributed by atoms with Crippen LogP contribution >= 0.6 is 0 Å². The Balaban J connectivity index is 2.04. The van der Waals surface area contributed by atoms with E-state index in [1.165, 1.54) is 6.42 Å². The summed E-state index contributed by atoms with van der Waals surface area (Å²) in [6.45, 7) is 11.2. The molecule has 0 aliphatic heterocycles. The average Bonchev–Trinajstić information content (AvgIpc) is 2.93. The van der Waals surface area contributed by atoms with Crippen LogP contribution in [0.3, 0.4) is 0 Å². The van der Waals surface area contributed by atoms with Crippen LogP contribution in [0.2, 0.25) is 0 Å². The lowest BCUT2D eigenvalue weighted by Gasteiger charge is -2.35. The number of esters is 2. The van der Waals surface area contributed by atoms with Gasteiger partial charge in [0.15, 0.2) is 6.10 Å². The number of hydrogen-bond acceptors (Lipinski definition) is 5. The topological polar surface area (TPSA) is 97.5 Å². The molecule has 1 fully saturated rings.